The lowest BCUT2D eigenvalue weighted by atomic mass is 10.2. The third-order valence-electron chi connectivity index (χ3n) is 5.47. The highest BCUT2D eigenvalue weighted by Crippen LogP contribution is 2.33. The number of urea groups is 1. The van der Waals surface area contributed by atoms with Crippen LogP contribution < -0.4 is 15.4 Å². The number of halogens is 1. The van der Waals surface area contributed by atoms with Gasteiger partial charge in [-0.3, -0.25) is 4.79 Å². The highest BCUT2D eigenvalue weighted by Gasteiger charge is 2.32. The number of nitrogens with one attached hydrogen (secondary N) is 2. The van der Waals surface area contributed by atoms with E-state index in [4.69, 9.17) is 4.74 Å². The molecule has 11 heteroatoms. The van der Waals surface area contributed by atoms with Gasteiger partial charge in [0.25, 0.3) is 5.91 Å². The molecule has 0 saturated carbocycles. The number of fused-ring (bicyclic) bond motifs is 1. The minimum Gasteiger partial charge on any atom is -0.479 e. The predicted octanol–water partition coefficient (Wildman–Crippen LogP) is 2.39. The van der Waals surface area contributed by atoms with Crippen molar-refractivity contribution in [3.8, 4) is 5.75 Å². The van der Waals surface area contributed by atoms with Gasteiger partial charge in [-0.15, -0.1) is 0 Å². The second-order valence-electron chi connectivity index (χ2n) is 7.69. The van der Waals surface area contributed by atoms with Gasteiger partial charge >= 0.3 is 6.03 Å². The molecule has 2 aromatic rings. The molecule has 2 aliphatic rings. The van der Waals surface area contributed by atoms with E-state index in [1.165, 1.54) is 33.5 Å². The van der Waals surface area contributed by atoms with Crippen molar-refractivity contribution in [1.82, 2.24) is 9.21 Å². The van der Waals surface area contributed by atoms with Crippen LogP contribution in [-0.2, 0) is 14.8 Å². The van der Waals surface area contributed by atoms with Crippen molar-refractivity contribution in [2.75, 3.05) is 36.8 Å². The maximum absolute atomic E-state index is 13.7. The Bertz CT molecular complexity index is 1180. The number of benzene rings is 2. The second kappa shape index (κ2) is 8.40. The third-order valence-corrected chi connectivity index (χ3v) is 7.36. The Labute approximate surface area is 185 Å². The molecule has 0 radical (unpaired) electrons. The van der Waals surface area contributed by atoms with Crippen LogP contribution in [0, 0.1) is 12.7 Å². The van der Waals surface area contributed by atoms with Gasteiger partial charge in [0.15, 0.2) is 6.10 Å². The standard InChI is InChI=1S/C21H23FN4O5S/c1-13-3-4-15(11-17(13)22)23-21(28)25-7-9-26(10-8-25)32(29,30)16-5-6-19-18(12-16)24-20(27)14(2)31-19/h3-6,11-12,14H,7-10H2,1-2H3,(H,23,28)(H,24,27). The highest BCUT2D eigenvalue weighted by atomic mass is 32.2. The number of piperazine rings is 1. The van der Waals surface area contributed by atoms with E-state index in [-0.39, 0.29) is 37.0 Å². The summed E-state index contributed by atoms with van der Waals surface area (Å²) in [6.07, 6.45) is -0.652. The minimum absolute atomic E-state index is 0.0303. The van der Waals surface area contributed by atoms with Crippen molar-refractivity contribution in [3.05, 3.63) is 47.8 Å². The van der Waals surface area contributed by atoms with E-state index >= 15 is 0 Å². The number of hydrogen-bond donors (Lipinski definition) is 2. The van der Waals surface area contributed by atoms with Crippen molar-refractivity contribution in [2.24, 2.45) is 0 Å². The highest BCUT2D eigenvalue weighted by molar-refractivity contribution is 7.89. The van der Waals surface area contributed by atoms with Crippen LogP contribution in [-0.4, -0.2) is 61.8 Å². The Balaban J connectivity index is 1.41. The van der Waals surface area contributed by atoms with Gasteiger partial charge in [-0.25, -0.2) is 17.6 Å². The summed E-state index contributed by atoms with van der Waals surface area (Å²) in [6, 6.07) is 8.32. The van der Waals surface area contributed by atoms with Gasteiger partial charge in [0.2, 0.25) is 10.0 Å². The van der Waals surface area contributed by atoms with E-state index in [1.807, 2.05) is 0 Å². The molecule has 2 aromatic carbocycles. The Hall–Kier alpha value is -3.18. The van der Waals surface area contributed by atoms with Gasteiger partial charge in [0.05, 0.1) is 10.6 Å². The largest absolute Gasteiger partial charge is 0.479 e. The Morgan fingerprint density at radius 1 is 1.16 bits per heavy atom. The fraction of sp³-hybridized carbons (Fsp3) is 0.333. The van der Waals surface area contributed by atoms with Gasteiger partial charge in [-0.1, -0.05) is 6.07 Å². The SMILES string of the molecule is Cc1ccc(NC(=O)N2CCN(S(=O)(=O)c3ccc4c(c3)NC(=O)C(C)O4)CC2)cc1F. The van der Waals surface area contributed by atoms with Gasteiger partial charge in [0.1, 0.15) is 11.6 Å². The van der Waals surface area contributed by atoms with Crippen molar-refractivity contribution in [2.45, 2.75) is 24.8 Å². The van der Waals surface area contributed by atoms with E-state index in [1.54, 1.807) is 26.0 Å². The number of ether oxygens (including phenoxy) is 1. The first-order valence-electron chi connectivity index (χ1n) is 10.1. The van der Waals surface area contributed by atoms with Crippen LogP contribution in [0.1, 0.15) is 12.5 Å². The maximum atomic E-state index is 13.7. The Morgan fingerprint density at radius 2 is 1.88 bits per heavy atom. The van der Waals surface area contributed by atoms with Crippen molar-refractivity contribution in [3.63, 3.8) is 0 Å². The fourth-order valence-corrected chi connectivity index (χ4v) is 4.95. The lowest BCUT2D eigenvalue weighted by Gasteiger charge is -2.34. The number of rotatable bonds is 3. The molecule has 0 bridgehead atoms. The molecule has 1 unspecified atom stereocenters. The van der Waals surface area contributed by atoms with Crippen LogP contribution in [0.25, 0.3) is 0 Å². The van der Waals surface area contributed by atoms with Crippen LogP contribution in [0.15, 0.2) is 41.3 Å². The number of amides is 3. The lowest BCUT2D eigenvalue weighted by Crippen LogP contribution is -2.51. The molecule has 0 aliphatic carbocycles. The number of anilines is 2. The van der Waals surface area contributed by atoms with Gasteiger partial charge < -0.3 is 20.3 Å². The monoisotopic (exact) mass is 462 g/mol. The van der Waals surface area contributed by atoms with E-state index in [9.17, 15) is 22.4 Å². The number of hydrogen-bond acceptors (Lipinski definition) is 5. The first kappa shape index (κ1) is 22.0. The molecule has 1 saturated heterocycles. The van der Waals surface area contributed by atoms with E-state index in [0.717, 1.165) is 0 Å². The molecule has 32 heavy (non-hydrogen) atoms. The van der Waals surface area contributed by atoms with Crippen molar-refractivity contribution in [1.29, 1.82) is 0 Å². The summed E-state index contributed by atoms with van der Waals surface area (Å²) < 4.78 is 46.6. The molecule has 3 amide bonds. The topological polar surface area (TPSA) is 108 Å². The normalized spacial score (nSPS) is 19.0. The molecule has 170 valence electrons. The molecule has 2 N–H and O–H groups in total. The molecule has 2 heterocycles. The molecule has 1 fully saturated rings. The van der Waals surface area contributed by atoms with Crippen LogP contribution >= 0.6 is 0 Å². The molecule has 0 spiro atoms. The smallest absolute Gasteiger partial charge is 0.321 e. The van der Waals surface area contributed by atoms with Gasteiger partial charge in [-0.2, -0.15) is 4.31 Å². The fourth-order valence-electron chi connectivity index (χ4n) is 3.50. The Morgan fingerprint density at radius 3 is 2.56 bits per heavy atom. The molecule has 9 nitrogen and oxygen atoms in total. The van der Waals surface area contributed by atoms with Crippen molar-refractivity contribution < 1.29 is 27.1 Å². The third kappa shape index (κ3) is 4.26. The summed E-state index contributed by atoms with van der Waals surface area (Å²) in [5, 5.41) is 5.27. The van der Waals surface area contributed by atoms with Crippen LogP contribution in [0.5, 0.6) is 5.75 Å². The summed E-state index contributed by atoms with van der Waals surface area (Å²) in [5.74, 6) is -0.356. The average Bonchev–Trinajstić information content (AvgIpc) is 2.77. The van der Waals surface area contributed by atoms with E-state index in [2.05, 4.69) is 10.6 Å². The van der Waals surface area contributed by atoms with E-state index < -0.39 is 28.0 Å². The minimum atomic E-state index is -3.83. The zero-order chi connectivity index (χ0) is 23.0. The summed E-state index contributed by atoms with van der Waals surface area (Å²) in [5.41, 5.74) is 1.11. The predicted molar refractivity (Wildman–Crippen MR) is 116 cm³/mol. The molecular formula is C21H23FN4O5S. The zero-order valence-electron chi connectivity index (χ0n) is 17.6. The summed E-state index contributed by atoms with van der Waals surface area (Å²) in [6.45, 7) is 3.81. The van der Waals surface area contributed by atoms with Crippen molar-refractivity contribution >= 4 is 33.3 Å². The molecular weight excluding hydrogens is 439 g/mol. The number of sulfonamides is 1. The quantitative estimate of drug-likeness (QED) is 0.728. The molecule has 2 aliphatic heterocycles. The molecule has 4 rings (SSSR count). The van der Waals surface area contributed by atoms with Crippen LogP contribution in [0.3, 0.4) is 0 Å². The number of nitrogens with zero attached hydrogens (tertiary/aromatic N) is 2. The second-order valence-corrected chi connectivity index (χ2v) is 9.63. The van der Waals surface area contributed by atoms with E-state index in [0.29, 0.717) is 22.7 Å². The van der Waals surface area contributed by atoms with Gasteiger partial charge in [-0.05, 0) is 49.7 Å². The first-order valence-corrected chi connectivity index (χ1v) is 11.5. The number of carbonyl (C=O) groups excluding carboxylic acids is 2. The Kier molecular flexibility index (Phi) is 5.78. The van der Waals surface area contributed by atoms with Crippen LogP contribution in [0.4, 0.5) is 20.6 Å². The summed E-state index contributed by atoms with van der Waals surface area (Å²) >= 11 is 0. The maximum Gasteiger partial charge on any atom is 0.321 e. The van der Waals surface area contributed by atoms with Gasteiger partial charge in [0, 0.05) is 31.9 Å². The average molecular weight is 463 g/mol. The van der Waals surface area contributed by atoms with Crippen LogP contribution in [0.2, 0.25) is 0 Å². The molecule has 0 aromatic heterocycles. The summed E-state index contributed by atoms with van der Waals surface area (Å²) in [4.78, 5) is 25.8. The summed E-state index contributed by atoms with van der Waals surface area (Å²) in [7, 11) is -3.83. The first-order chi connectivity index (χ1) is 15.1. The number of carbonyl (C=O) groups is 2. The lowest BCUT2D eigenvalue weighted by molar-refractivity contribution is -0.122. The number of aryl methyl sites for hydroxylation is 1. The zero-order valence-corrected chi connectivity index (χ0v) is 18.4. The molecule has 1 atom stereocenters.